The molecule has 3 N–H and O–H groups in total. The average Bonchev–Trinajstić information content (AvgIpc) is 2.32. The molecular formula is C13H18ClN3O. The second kappa shape index (κ2) is 5.59. The van der Waals surface area contributed by atoms with Crippen LogP contribution >= 0.6 is 11.6 Å². The smallest absolute Gasteiger partial charge is 0.239 e. The lowest BCUT2D eigenvalue weighted by Crippen LogP contribution is -2.54. The monoisotopic (exact) mass is 267 g/mol. The summed E-state index contributed by atoms with van der Waals surface area (Å²) in [6.45, 7) is 3.71. The normalized spacial score (nSPS) is 19.8. The minimum atomic E-state index is 0.0408. The van der Waals surface area contributed by atoms with Gasteiger partial charge in [-0.25, -0.2) is 0 Å². The van der Waals surface area contributed by atoms with Crippen LogP contribution in [0, 0.1) is 6.92 Å². The van der Waals surface area contributed by atoms with E-state index in [1.807, 2.05) is 25.1 Å². The Morgan fingerprint density at radius 3 is 3.06 bits per heavy atom. The van der Waals surface area contributed by atoms with E-state index in [0.717, 1.165) is 29.2 Å². The van der Waals surface area contributed by atoms with Crippen LogP contribution in [0.2, 0.25) is 5.02 Å². The summed E-state index contributed by atoms with van der Waals surface area (Å²) in [6.07, 6.45) is 0.794. The highest BCUT2D eigenvalue weighted by atomic mass is 35.5. The maximum Gasteiger partial charge on any atom is 0.239 e. The van der Waals surface area contributed by atoms with E-state index < -0.39 is 0 Å². The first-order valence-corrected chi connectivity index (χ1v) is 6.49. The largest absolute Gasteiger partial charge is 0.360 e. The molecule has 1 amide bonds. The Bertz CT molecular complexity index is 450. The maximum atomic E-state index is 11.7. The van der Waals surface area contributed by atoms with Gasteiger partial charge in [-0.15, -0.1) is 0 Å². The number of hydrogen-bond acceptors (Lipinski definition) is 3. The Morgan fingerprint density at radius 1 is 1.56 bits per heavy atom. The summed E-state index contributed by atoms with van der Waals surface area (Å²) in [5.41, 5.74) is 7.59. The van der Waals surface area contributed by atoms with Gasteiger partial charge in [0.05, 0.1) is 6.54 Å². The van der Waals surface area contributed by atoms with Crippen LogP contribution in [-0.2, 0) is 4.79 Å². The summed E-state index contributed by atoms with van der Waals surface area (Å²) in [4.78, 5) is 13.8. The van der Waals surface area contributed by atoms with Crippen LogP contribution in [0.1, 0.15) is 12.0 Å². The van der Waals surface area contributed by atoms with Gasteiger partial charge in [0.15, 0.2) is 0 Å². The van der Waals surface area contributed by atoms with Crippen LogP contribution in [0.4, 0.5) is 5.69 Å². The number of amides is 1. The fourth-order valence-corrected chi connectivity index (χ4v) is 2.48. The Hall–Kier alpha value is -1.26. The summed E-state index contributed by atoms with van der Waals surface area (Å²) in [7, 11) is 0. The highest BCUT2D eigenvalue weighted by Crippen LogP contribution is 2.27. The van der Waals surface area contributed by atoms with Gasteiger partial charge in [-0.05, 0) is 37.6 Å². The van der Waals surface area contributed by atoms with Gasteiger partial charge in [0.2, 0.25) is 5.91 Å². The van der Waals surface area contributed by atoms with E-state index in [1.165, 1.54) is 0 Å². The van der Waals surface area contributed by atoms with Crippen LogP contribution < -0.4 is 16.0 Å². The van der Waals surface area contributed by atoms with Crippen molar-refractivity contribution in [3.8, 4) is 0 Å². The van der Waals surface area contributed by atoms with Gasteiger partial charge in [0.1, 0.15) is 0 Å². The van der Waals surface area contributed by atoms with Crippen molar-refractivity contribution in [2.24, 2.45) is 5.73 Å². The fourth-order valence-electron chi connectivity index (χ4n) is 2.31. The lowest BCUT2D eigenvalue weighted by atomic mass is 10.1. The van der Waals surface area contributed by atoms with E-state index in [-0.39, 0.29) is 11.9 Å². The topological polar surface area (TPSA) is 58.4 Å². The molecule has 18 heavy (non-hydrogen) atoms. The summed E-state index contributed by atoms with van der Waals surface area (Å²) in [5.74, 6) is 0.0408. The molecule has 1 aliphatic heterocycles. The summed E-state index contributed by atoms with van der Waals surface area (Å²) in [6, 6.07) is 5.89. The van der Waals surface area contributed by atoms with Crippen molar-refractivity contribution in [2.45, 2.75) is 19.4 Å². The first kappa shape index (κ1) is 13.2. The lowest BCUT2D eigenvalue weighted by Gasteiger charge is -2.35. The molecule has 1 heterocycles. The third-order valence-corrected chi connectivity index (χ3v) is 3.64. The SMILES string of the molecule is Cc1c(Cl)cccc1N1CC(=O)NC(CCN)C1. The highest BCUT2D eigenvalue weighted by molar-refractivity contribution is 6.31. The van der Waals surface area contributed by atoms with Crippen molar-refractivity contribution in [3.63, 3.8) is 0 Å². The van der Waals surface area contributed by atoms with Crippen LogP contribution in [-0.4, -0.2) is 31.6 Å². The average molecular weight is 268 g/mol. The molecule has 1 atom stereocenters. The molecule has 1 unspecified atom stereocenters. The predicted octanol–water partition coefficient (Wildman–Crippen LogP) is 1.30. The molecule has 1 aliphatic rings. The molecule has 0 radical (unpaired) electrons. The van der Waals surface area contributed by atoms with Crippen molar-refractivity contribution in [1.82, 2.24) is 5.32 Å². The summed E-state index contributed by atoms with van der Waals surface area (Å²) < 4.78 is 0. The molecule has 1 aromatic rings. The lowest BCUT2D eigenvalue weighted by molar-refractivity contribution is -0.121. The molecule has 1 saturated heterocycles. The number of halogens is 1. The molecule has 1 fully saturated rings. The number of nitrogens with one attached hydrogen (secondary N) is 1. The van der Waals surface area contributed by atoms with E-state index in [9.17, 15) is 4.79 Å². The number of benzene rings is 1. The number of nitrogens with zero attached hydrogens (tertiary/aromatic N) is 1. The van der Waals surface area contributed by atoms with Gasteiger partial charge < -0.3 is 16.0 Å². The quantitative estimate of drug-likeness (QED) is 0.868. The van der Waals surface area contributed by atoms with Crippen LogP contribution in [0.15, 0.2) is 18.2 Å². The Morgan fingerprint density at radius 2 is 2.33 bits per heavy atom. The van der Waals surface area contributed by atoms with E-state index in [2.05, 4.69) is 10.2 Å². The molecule has 0 saturated carbocycles. The number of piperazine rings is 1. The Kier molecular flexibility index (Phi) is 4.09. The fraction of sp³-hybridized carbons (Fsp3) is 0.462. The predicted molar refractivity (Wildman–Crippen MR) is 74.0 cm³/mol. The molecule has 5 heteroatoms. The second-order valence-corrected chi connectivity index (χ2v) is 5.01. The molecule has 0 spiro atoms. The zero-order chi connectivity index (χ0) is 13.1. The summed E-state index contributed by atoms with van der Waals surface area (Å²) >= 11 is 6.12. The van der Waals surface area contributed by atoms with E-state index >= 15 is 0 Å². The molecule has 0 bridgehead atoms. The minimum Gasteiger partial charge on any atom is -0.360 e. The van der Waals surface area contributed by atoms with Crippen molar-refractivity contribution in [2.75, 3.05) is 24.5 Å². The zero-order valence-electron chi connectivity index (χ0n) is 10.4. The maximum absolute atomic E-state index is 11.7. The van der Waals surface area contributed by atoms with Crippen molar-refractivity contribution >= 4 is 23.2 Å². The number of anilines is 1. The number of hydrogen-bond donors (Lipinski definition) is 2. The van der Waals surface area contributed by atoms with Crippen LogP contribution in [0.3, 0.4) is 0 Å². The van der Waals surface area contributed by atoms with E-state index in [1.54, 1.807) is 0 Å². The van der Waals surface area contributed by atoms with Gasteiger partial charge in [0, 0.05) is 23.3 Å². The number of nitrogens with two attached hydrogens (primary N) is 1. The zero-order valence-corrected chi connectivity index (χ0v) is 11.2. The van der Waals surface area contributed by atoms with Crippen LogP contribution in [0.5, 0.6) is 0 Å². The van der Waals surface area contributed by atoms with Gasteiger partial charge in [-0.3, -0.25) is 4.79 Å². The molecule has 98 valence electrons. The van der Waals surface area contributed by atoms with Gasteiger partial charge in [-0.2, -0.15) is 0 Å². The summed E-state index contributed by atoms with van der Waals surface area (Å²) in [5, 5.41) is 3.69. The second-order valence-electron chi connectivity index (χ2n) is 4.61. The van der Waals surface area contributed by atoms with Gasteiger partial charge in [0.25, 0.3) is 0 Å². The van der Waals surface area contributed by atoms with Gasteiger partial charge >= 0.3 is 0 Å². The van der Waals surface area contributed by atoms with E-state index in [0.29, 0.717) is 13.1 Å². The van der Waals surface area contributed by atoms with Crippen molar-refractivity contribution in [1.29, 1.82) is 0 Å². The third-order valence-electron chi connectivity index (χ3n) is 3.24. The molecule has 0 aromatic heterocycles. The Balaban J connectivity index is 2.21. The van der Waals surface area contributed by atoms with Crippen molar-refractivity contribution in [3.05, 3.63) is 28.8 Å². The van der Waals surface area contributed by atoms with Crippen LogP contribution in [0.25, 0.3) is 0 Å². The standard InChI is InChI=1S/C13H18ClN3O/c1-9-11(14)3-2-4-12(9)17-7-10(5-6-15)16-13(18)8-17/h2-4,10H,5-8,15H2,1H3,(H,16,18). The molecule has 1 aromatic carbocycles. The molecular weight excluding hydrogens is 250 g/mol. The molecule has 4 nitrogen and oxygen atoms in total. The number of carbonyl (C=O) groups excluding carboxylic acids is 1. The van der Waals surface area contributed by atoms with Gasteiger partial charge in [-0.1, -0.05) is 17.7 Å². The number of rotatable bonds is 3. The molecule has 2 rings (SSSR count). The van der Waals surface area contributed by atoms with E-state index in [4.69, 9.17) is 17.3 Å². The van der Waals surface area contributed by atoms with Crippen molar-refractivity contribution < 1.29 is 4.79 Å². The molecule has 0 aliphatic carbocycles. The first-order chi connectivity index (χ1) is 8.61. The number of carbonyl (C=O) groups is 1. The first-order valence-electron chi connectivity index (χ1n) is 6.11. The Labute approximate surface area is 112 Å². The third kappa shape index (κ3) is 2.76. The minimum absolute atomic E-state index is 0.0408. The highest BCUT2D eigenvalue weighted by Gasteiger charge is 2.25.